The summed E-state index contributed by atoms with van der Waals surface area (Å²) >= 11 is 11.8. The number of methoxy groups -OCH3 is 1. The summed E-state index contributed by atoms with van der Waals surface area (Å²) in [7, 11) is 1.32. The number of esters is 1. The van der Waals surface area contributed by atoms with Crippen molar-refractivity contribution < 1.29 is 14.3 Å². The number of amides is 1. The van der Waals surface area contributed by atoms with Gasteiger partial charge in [-0.3, -0.25) is 9.59 Å². The molecule has 1 N–H and O–H groups in total. The molecule has 0 heterocycles. The summed E-state index contributed by atoms with van der Waals surface area (Å²) in [6.07, 6.45) is 3.05. The molecule has 1 atom stereocenters. The SMILES string of the molecule is COC(=O)CC(NC(=O)/C=C/c1ccc(Cl)c(Cl)c1)c1ccccc1. The van der Waals surface area contributed by atoms with Crippen molar-refractivity contribution in [3.05, 3.63) is 75.8 Å². The predicted octanol–water partition coefficient (Wildman–Crippen LogP) is 4.43. The largest absolute Gasteiger partial charge is 0.469 e. The van der Waals surface area contributed by atoms with Gasteiger partial charge in [0, 0.05) is 6.08 Å². The molecule has 0 spiro atoms. The molecule has 0 radical (unpaired) electrons. The number of benzene rings is 2. The molecule has 2 rings (SSSR count). The van der Waals surface area contributed by atoms with E-state index in [0.717, 1.165) is 11.1 Å². The molecule has 0 fully saturated rings. The lowest BCUT2D eigenvalue weighted by Crippen LogP contribution is -2.29. The minimum atomic E-state index is -0.473. The zero-order valence-corrected chi connectivity index (χ0v) is 15.1. The third-order valence-electron chi connectivity index (χ3n) is 3.49. The van der Waals surface area contributed by atoms with Crippen molar-refractivity contribution in [2.24, 2.45) is 0 Å². The second-order valence-electron chi connectivity index (χ2n) is 5.26. The highest BCUT2D eigenvalue weighted by Crippen LogP contribution is 2.23. The number of carbonyl (C=O) groups excluding carboxylic acids is 2. The Balaban J connectivity index is 2.09. The third kappa shape index (κ3) is 5.93. The van der Waals surface area contributed by atoms with E-state index in [1.54, 1.807) is 24.3 Å². The Labute approximate surface area is 156 Å². The van der Waals surface area contributed by atoms with E-state index in [1.165, 1.54) is 13.2 Å². The Morgan fingerprint density at radius 3 is 2.48 bits per heavy atom. The van der Waals surface area contributed by atoms with Crippen molar-refractivity contribution in [1.29, 1.82) is 0 Å². The van der Waals surface area contributed by atoms with E-state index < -0.39 is 12.0 Å². The molecular weight excluding hydrogens is 361 g/mol. The minimum Gasteiger partial charge on any atom is -0.469 e. The van der Waals surface area contributed by atoms with Crippen molar-refractivity contribution in [2.75, 3.05) is 7.11 Å². The van der Waals surface area contributed by atoms with Gasteiger partial charge < -0.3 is 10.1 Å². The minimum absolute atomic E-state index is 0.0485. The first-order valence-electron chi connectivity index (χ1n) is 7.55. The highest BCUT2D eigenvalue weighted by atomic mass is 35.5. The zero-order chi connectivity index (χ0) is 18.2. The van der Waals surface area contributed by atoms with E-state index in [1.807, 2.05) is 30.3 Å². The Morgan fingerprint density at radius 1 is 1.12 bits per heavy atom. The smallest absolute Gasteiger partial charge is 0.307 e. The molecule has 0 saturated carbocycles. The molecule has 0 aliphatic heterocycles. The van der Waals surface area contributed by atoms with Crippen LogP contribution >= 0.6 is 23.2 Å². The van der Waals surface area contributed by atoms with Crippen LogP contribution in [0.1, 0.15) is 23.6 Å². The van der Waals surface area contributed by atoms with Gasteiger partial charge in [-0.25, -0.2) is 0 Å². The molecular formula is C19H17Cl2NO3. The topological polar surface area (TPSA) is 55.4 Å². The lowest BCUT2D eigenvalue weighted by molar-refractivity contribution is -0.141. The fraction of sp³-hybridized carbons (Fsp3) is 0.158. The summed E-state index contributed by atoms with van der Waals surface area (Å²) in [5, 5.41) is 3.67. The van der Waals surface area contributed by atoms with Crippen molar-refractivity contribution in [3.8, 4) is 0 Å². The first-order chi connectivity index (χ1) is 12.0. The maximum absolute atomic E-state index is 12.2. The van der Waals surface area contributed by atoms with Gasteiger partial charge in [0.25, 0.3) is 0 Å². The fourth-order valence-electron chi connectivity index (χ4n) is 2.20. The molecule has 2 aromatic carbocycles. The van der Waals surface area contributed by atoms with E-state index >= 15 is 0 Å². The van der Waals surface area contributed by atoms with Crippen LogP contribution in [-0.2, 0) is 14.3 Å². The molecule has 2 aromatic rings. The van der Waals surface area contributed by atoms with Crippen LogP contribution in [0.25, 0.3) is 6.08 Å². The Hall–Kier alpha value is -2.30. The summed E-state index contributed by atoms with van der Waals surface area (Å²) in [4.78, 5) is 23.8. The molecule has 0 aliphatic rings. The van der Waals surface area contributed by atoms with Gasteiger partial charge in [-0.05, 0) is 29.3 Å². The van der Waals surface area contributed by atoms with Gasteiger partial charge in [0.1, 0.15) is 0 Å². The Bertz CT molecular complexity index is 775. The first-order valence-corrected chi connectivity index (χ1v) is 8.30. The van der Waals surface area contributed by atoms with Crippen LogP contribution in [0.15, 0.2) is 54.6 Å². The molecule has 0 aliphatic carbocycles. The Kier molecular flexibility index (Phi) is 7.04. The van der Waals surface area contributed by atoms with Crippen LogP contribution in [0.2, 0.25) is 10.0 Å². The molecule has 6 heteroatoms. The van der Waals surface area contributed by atoms with Gasteiger partial charge in [-0.1, -0.05) is 59.6 Å². The molecule has 4 nitrogen and oxygen atoms in total. The van der Waals surface area contributed by atoms with Gasteiger partial charge in [0.2, 0.25) is 5.91 Å². The van der Waals surface area contributed by atoms with Crippen molar-refractivity contribution in [1.82, 2.24) is 5.32 Å². The normalized spacial score (nSPS) is 12.0. The number of rotatable bonds is 6. The second kappa shape index (κ2) is 9.25. The molecule has 0 saturated heterocycles. The van der Waals surface area contributed by atoms with E-state index in [-0.39, 0.29) is 12.3 Å². The summed E-state index contributed by atoms with van der Waals surface area (Å²) in [6, 6.07) is 13.8. The average molecular weight is 378 g/mol. The highest BCUT2D eigenvalue weighted by Gasteiger charge is 2.17. The summed E-state index contributed by atoms with van der Waals surface area (Å²) in [5.41, 5.74) is 1.57. The van der Waals surface area contributed by atoms with Crippen LogP contribution < -0.4 is 5.32 Å². The number of hydrogen-bond donors (Lipinski definition) is 1. The van der Waals surface area contributed by atoms with E-state index in [4.69, 9.17) is 27.9 Å². The van der Waals surface area contributed by atoms with Crippen LogP contribution in [0.5, 0.6) is 0 Å². The maximum atomic E-state index is 12.2. The maximum Gasteiger partial charge on any atom is 0.307 e. The Morgan fingerprint density at radius 2 is 1.84 bits per heavy atom. The number of ether oxygens (including phenoxy) is 1. The number of carbonyl (C=O) groups is 2. The predicted molar refractivity (Wildman–Crippen MR) is 99.5 cm³/mol. The molecule has 0 aromatic heterocycles. The van der Waals surface area contributed by atoms with E-state index in [0.29, 0.717) is 10.0 Å². The van der Waals surface area contributed by atoms with Gasteiger partial charge in [-0.2, -0.15) is 0 Å². The van der Waals surface area contributed by atoms with Crippen molar-refractivity contribution in [3.63, 3.8) is 0 Å². The number of hydrogen-bond acceptors (Lipinski definition) is 3. The molecule has 130 valence electrons. The van der Waals surface area contributed by atoms with Gasteiger partial charge in [0.05, 0.1) is 29.6 Å². The summed E-state index contributed by atoms with van der Waals surface area (Å²) in [6.45, 7) is 0. The molecule has 1 unspecified atom stereocenters. The van der Waals surface area contributed by atoms with Crippen molar-refractivity contribution in [2.45, 2.75) is 12.5 Å². The van der Waals surface area contributed by atoms with E-state index in [2.05, 4.69) is 5.32 Å². The third-order valence-corrected chi connectivity index (χ3v) is 4.23. The standard InChI is InChI=1S/C19H17Cl2NO3/c1-25-19(24)12-17(14-5-3-2-4-6-14)22-18(23)10-8-13-7-9-15(20)16(21)11-13/h2-11,17H,12H2,1H3,(H,22,23)/b10-8+. The van der Waals surface area contributed by atoms with Gasteiger partial charge >= 0.3 is 5.97 Å². The average Bonchev–Trinajstić information content (AvgIpc) is 2.62. The van der Waals surface area contributed by atoms with Gasteiger partial charge in [-0.15, -0.1) is 0 Å². The van der Waals surface area contributed by atoms with Crippen LogP contribution in [0, 0.1) is 0 Å². The molecule has 1 amide bonds. The summed E-state index contributed by atoms with van der Waals surface area (Å²) < 4.78 is 4.70. The number of nitrogens with one attached hydrogen (secondary N) is 1. The highest BCUT2D eigenvalue weighted by molar-refractivity contribution is 6.42. The van der Waals surface area contributed by atoms with Gasteiger partial charge in [0.15, 0.2) is 0 Å². The monoisotopic (exact) mass is 377 g/mol. The fourth-order valence-corrected chi connectivity index (χ4v) is 2.50. The summed E-state index contributed by atoms with van der Waals surface area (Å²) in [5.74, 6) is -0.730. The lowest BCUT2D eigenvalue weighted by atomic mass is 10.0. The van der Waals surface area contributed by atoms with Crippen LogP contribution in [0.3, 0.4) is 0 Å². The van der Waals surface area contributed by atoms with E-state index in [9.17, 15) is 9.59 Å². The number of halogens is 2. The molecule has 0 bridgehead atoms. The lowest BCUT2D eigenvalue weighted by Gasteiger charge is -2.17. The quantitative estimate of drug-likeness (QED) is 0.598. The first kappa shape index (κ1) is 19.0. The second-order valence-corrected chi connectivity index (χ2v) is 6.07. The van der Waals surface area contributed by atoms with Crippen LogP contribution in [-0.4, -0.2) is 19.0 Å². The van der Waals surface area contributed by atoms with Crippen molar-refractivity contribution >= 4 is 41.2 Å². The van der Waals surface area contributed by atoms with Crippen LogP contribution in [0.4, 0.5) is 0 Å². The zero-order valence-electron chi connectivity index (χ0n) is 13.5. The molecule has 25 heavy (non-hydrogen) atoms.